The highest BCUT2D eigenvalue weighted by atomic mass is 32.2. The Morgan fingerprint density at radius 3 is 1.30 bits per heavy atom. The van der Waals surface area contributed by atoms with Crippen LogP contribution in [-0.4, -0.2) is 32.7 Å². The van der Waals surface area contributed by atoms with Crippen LogP contribution in [0.15, 0.2) is 180 Å². The van der Waals surface area contributed by atoms with Crippen molar-refractivity contribution in [3.05, 3.63) is 181 Å². The summed E-state index contributed by atoms with van der Waals surface area (Å²) in [6, 6.07) is 46.2. The number of rotatable bonds is 4. The van der Waals surface area contributed by atoms with Gasteiger partial charge in [-0.25, -0.2) is 0 Å². The molecule has 0 aromatic heterocycles. The number of benzene rings is 7. The molecule has 0 radical (unpaired) electrons. The highest BCUT2D eigenvalue weighted by molar-refractivity contribution is 8.15. The van der Waals surface area contributed by atoms with Gasteiger partial charge in [-0.1, -0.05) is 181 Å². The molecule has 2 heterocycles. The Balaban J connectivity index is 1.06. The lowest BCUT2D eigenvalue weighted by Gasteiger charge is -2.20. The zero-order valence-corrected chi connectivity index (χ0v) is 30.8. The molecule has 254 valence electrons. The maximum atomic E-state index is 5.08. The van der Waals surface area contributed by atoms with Crippen molar-refractivity contribution in [2.75, 3.05) is 0 Å². The van der Waals surface area contributed by atoms with Crippen molar-refractivity contribution in [3.63, 3.8) is 0 Å². The molecule has 7 aromatic carbocycles. The first kappa shape index (κ1) is 30.7. The lowest BCUT2D eigenvalue weighted by Crippen LogP contribution is -2.13. The number of hydrogen-bond donors (Lipinski definition) is 0. The van der Waals surface area contributed by atoms with E-state index >= 15 is 0 Å². The minimum Gasteiger partial charge on any atom is -0.269 e. The molecule has 0 spiro atoms. The maximum absolute atomic E-state index is 5.08. The molecule has 2 aliphatic heterocycles. The predicted octanol–water partition coefficient (Wildman–Crippen LogP) is 12.8. The predicted molar refractivity (Wildman–Crippen MR) is 234 cm³/mol. The summed E-state index contributed by atoms with van der Waals surface area (Å²) < 4.78 is 0. The lowest BCUT2D eigenvalue weighted by molar-refractivity contribution is 0.862. The summed E-state index contributed by atoms with van der Waals surface area (Å²) in [5.74, 6) is 0. The van der Waals surface area contributed by atoms with Crippen LogP contribution in [0.5, 0.6) is 0 Å². The molecule has 0 amide bonds. The van der Waals surface area contributed by atoms with Crippen molar-refractivity contribution in [3.8, 4) is 44.5 Å². The molecule has 5 aliphatic rings. The zero-order chi connectivity index (χ0) is 35.3. The first-order chi connectivity index (χ1) is 26.7. The van der Waals surface area contributed by atoms with Gasteiger partial charge in [-0.2, -0.15) is 0 Å². The fourth-order valence-corrected chi connectivity index (χ4v) is 11.5. The minimum atomic E-state index is 0.225. The van der Waals surface area contributed by atoms with Crippen molar-refractivity contribution in [1.82, 2.24) is 0 Å². The number of aliphatic imine (C=N–C) groups is 2. The topological polar surface area (TPSA) is 24.7 Å². The molecule has 54 heavy (non-hydrogen) atoms. The van der Waals surface area contributed by atoms with Crippen molar-refractivity contribution in [1.29, 1.82) is 0 Å². The Morgan fingerprint density at radius 2 is 0.833 bits per heavy atom. The van der Waals surface area contributed by atoms with Crippen LogP contribution in [0.25, 0.3) is 76.8 Å². The summed E-state index contributed by atoms with van der Waals surface area (Å²) in [6.07, 6.45) is 17.5. The largest absolute Gasteiger partial charge is 0.269 e. The van der Waals surface area contributed by atoms with Gasteiger partial charge in [-0.05, 0) is 89.0 Å². The van der Waals surface area contributed by atoms with Gasteiger partial charge in [-0.3, -0.25) is 9.98 Å². The first-order valence-electron chi connectivity index (χ1n) is 18.7. The van der Waals surface area contributed by atoms with E-state index in [0.29, 0.717) is 10.5 Å². The maximum Gasteiger partial charge on any atom is 0.0991 e. The van der Waals surface area contributed by atoms with Crippen LogP contribution in [0.4, 0.5) is 0 Å². The molecular weight excluding hydrogens is 693 g/mol. The molecule has 0 bridgehead atoms. The Hall–Kier alpha value is -5.68. The number of allylic oxidation sites excluding steroid dienone is 4. The van der Waals surface area contributed by atoms with Crippen molar-refractivity contribution in [2.45, 2.75) is 22.6 Å². The van der Waals surface area contributed by atoms with Crippen LogP contribution in [0.2, 0.25) is 0 Å². The molecule has 0 N–H and O–H groups in total. The van der Waals surface area contributed by atoms with E-state index in [1.54, 1.807) is 0 Å². The quantitative estimate of drug-likeness (QED) is 0.169. The smallest absolute Gasteiger partial charge is 0.0991 e. The standard InChI is InChI=1S/C50H32N2S2/c1-2-12-35-34(11-1)47(30-19-23-32(24-20-30)49-51-42-15-3-5-17-44(42)53-49)40-27-38-36-13-7-9-29-10-8-14-37(46(29)36)39(38)28-41(40)48(35)31-21-25-33(26-22-31)50-52-43-16-4-6-18-45(43)54-50/h1-28,42-45H. The third-order valence-electron chi connectivity index (χ3n) is 11.6. The zero-order valence-electron chi connectivity index (χ0n) is 29.2. The monoisotopic (exact) mass is 724 g/mol. The van der Waals surface area contributed by atoms with Crippen molar-refractivity contribution < 1.29 is 0 Å². The summed E-state index contributed by atoms with van der Waals surface area (Å²) in [5, 5.41) is 10.7. The molecule has 0 saturated carbocycles. The second-order valence-electron chi connectivity index (χ2n) is 14.7. The van der Waals surface area contributed by atoms with E-state index in [4.69, 9.17) is 9.98 Å². The van der Waals surface area contributed by atoms with Gasteiger partial charge in [0.2, 0.25) is 0 Å². The second-order valence-corrected chi connectivity index (χ2v) is 17.0. The molecule has 0 fully saturated rings. The molecule has 12 rings (SSSR count). The number of thioether (sulfide) groups is 2. The van der Waals surface area contributed by atoms with Gasteiger partial charge in [0, 0.05) is 11.1 Å². The first-order valence-corrected chi connectivity index (χ1v) is 20.5. The number of fused-ring (bicyclic) bond motifs is 7. The van der Waals surface area contributed by atoms with E-state index in [0.717, 1.165) is 10.1 Å². The van der Waals surface area contributed by atoms with Gasteiger partial charge in [0.25, 0.3) is 0 Å². The summed E-state index contributed by atoms with van der Waals surface area (Å²) >= 11 is 3.74. The number of hydrogen-bond acceptors (Lipinski definition) is 4. The van der Waals surface area contributed by atoms with Gasteiger partial charge < -0.3 is 0 Å². The molecule has 4 atom stereocenters. The van der Waals surface area contributed by atoms with Crippen LogP contribution < -0.4 is 0 Å². The van der Waals surface area contributed by atoms with Crippen molar-refractivity contribution >= 4 is 65.9 Å². The fourth-order valence-electron chi connectivity index (χ4n) is 9.11. The van der Waals surface area contributed by atoms with E-state index in [9.17, 15) is 0 Å². The molecule has 4 heteroatoms. The average Bonchev–Trinajstić information content (AvgIpc) is 3.95. The van der Waals surface area contributed by atoms with Crippen LogP contribution in [0, 0.1) is 0 Å². The Labute approximate surface area is 322 Å². The lowest BCUT2D eigenvalue weighted by atomic mass is 9.84. The summed E-state index contributed by atoms with van der Waals surface area (Å²) in [4.78, 5) is 10.2. The number of nitrogens with zero attached hydrogens (tertiary/aromatic N) is 2. The van der Waals surface area contributed by atoms with Crippen LogP contribution in [0.3, 0.4) is 0 Å². The Kier molecular flexibility index (Phi) is 6.78. The Bertz CT molecular complexity index is 2750. The van der Waals surface area contributed by atoms with Gasteiger partial charge in [0.1, 0.15) is 0 Å². The highest BCUT2D eigenvalue weighted by Gasteiger charge is 2.30. The SMILES string of the molecule is C1=CC2N=C(c3ccc(-c4c5ccccc5c(-c5ccc(C6=NC7C=CC=CC7S6)cc5)c5cc6c(cc45)-c4cccc5cccc-6c45)cc3)SC2C=C1. The van der Waals surface area contributed by atoms with E-state index in [2.05, 4.69) is 170 Å². The summed E-state index contributed by atoms with van der Waals surface area (Å²) in [7, 11) is 0. The van der Waals surface area contributed by atoms with Gasteiger partial charge in [0.05, 0.1) is 32.7 Å². The third-order valence-corrected chi connectivity index (χ3v) is 14.2. The van der Waals surface area contributed by atoms with Crippen LogP contribution in [-0.2, 0) is 0 Å². The van der Waals surface area contributed by atoms with Gasteiger partial charge >= 0.3 is 0 Å². The normalized spacial score (nSPS) is 21.5. The molecule has 2 nitrogen and oxygen atoms in total. The molecule has 3 aliphatic carbocycles. The molecule has 0 saturated heterocycles. The van der Waals surface area contributed by atoms with E-state index < -0.39 is 0 Å². The average molecular weight is 725 g/mol. The van der Waals surface area contributed by atoms with Gasteiger partial charge in [-0.15, -0.1) is 0 Å². The second kappa shape index (κ2) is 11.9. The molecular formula is C50H32N2S2. The van der Waals surface area contributed by atoms with E-state index in [1.165, 1.54) is 88.0 Å². The van der Waals surface area contributed by atoms with E-state index in [-0.39, 0.29) is 12.1 Å². The summed E-state index contributed by atoms with van der Waals surface area (Å²) in [5.41, 5.74) is 12.6. The molecule has 7 aromatic rings. The molecule has 4 unspecified atom stereocenters. The van der Waals surface area contributed by atoms with E-state index in [1.807, 2.05) is 23.5 Å². The van der Waals surface area contributed by atoms with Gasteiger partial charge in [0.15, 0.2) is 0 Å². The third kappa shape index (κ3) is 4.63. The minimum absolute atomic E-state index is 0.225. The summed E-state index contributed by atoms with van der Waals surface area (Å²) in [6.45, 7) is 0. The Morgan fingerprint density at radius 1 is 0.389 bits per heavy atom. The van der Waals surface area contributed by atoms with Crippen molar-refractivity contribution in [2.24, 2.45) is 9.98 Å². The fraction of sp³-hybridized carbons (Fsp3) is 0.0800. The van der Waals surface area contributed by atoms with Crippen LogP contribution in [0.1, 0.15) is 11.1 Å². The van der Waals surface area contributed by atoms with Crippen LogP contribution >= 0.6 is 23.5 Å². The highest BCUT2D eigenvalue weighted by Crippen LogP contribution is 2.52.